The van der Waals surface area contributed by atoms with Crippen LogP contribution in [0.4, 0.5) is 4.39 Å². The number of hydrogen-bond donors (Lipinski definition) is 1. The van der Waals surface area contributed by atoms with Crippen LogP contribution in [-0.4, -0.2) is 24.4 Å². The number of hydrogen-bond acceptors (Lipinski definition) is 3. The number of rotatable bonds is 4. The third kappa shape index (κ3) is 3.43. The molecule has 1 fully saturated rings. The summed E-state index contributed by atoms with van der Waals surface area (Å²) in [5, 5.41) is 9.33. The summed E-state index contributed by atoms with van der Waals surface area (Å²) in [5.41, 5.74) is 0.288. The summed E-state index contributed by atoms with van der Waals surface area (Å²) in [6, 6.07) is 4.54. The Morgan fingerprint density at radius 2 is 2.33 bits per heavy atom. The lowest BCUT2D eigenvalue weighted by Gasteiger charge is -2.22. The summed E-state index contributed by atoms with van der Waals surface area (Å²) in [7, 11) is 0. The predicted octanol–water partition coefficient (Wildman–Crippen LogP) is 2.83. The first-order valence-electron chi connectivity index (χ1n) is 6.38. The molecular weight excluding hydrogens is 235 g/mol. The summed E-state index contributed by atoms with van der Waals surface area (Å²) in [6.45, 7) is 2.77. The van der Waals surface area contributed by atoms with Gasteiger partial charge in [0.05, 0.1) is 12.2 Å². The molecule has 2 atom stereocenters. The molecule has 3 nitrogen and oxygen atoms in total. The number of ether oxygens (including phenoxy) is 2. The molecule has 1 aliphatic rings. The lowest BCUT2D eigenvalue weighted by molar-refractivity contribution is -0.0111. The van der Waals surface area contributed by atoms with E-state index in [0.717, 1.165) is 25.9 Å². The van der Waals surface area contributed by atoms with Crippen molar-refractivity contribution in [2.24, 2.45) is 0 Å². The van der Waals surface area contributed by atoms with Crippen LogP contribution in [0.1, 0.15) is 37.9 Å². The number of aliphatic hydroxyl groups is 1. The zero-order chi connectivity index (χ0) is 13.0. The Morgan fingerprint density at radius 1 is 1.50 bits per heavy atom. The van der Waals surface area contributed by atoms with E-state index >= 15 is 0 Å². The number of benzene rings is 1. The van der Waals surface area contributed by atoms with Crippen molar-refractivity contribution >= 4 is 0 Å². The molecule has 1 heterocycles. The van der Waals surface area contributed by atoms with Crippen molar-refractivity contribution in [3.8, 4) is 5.75 Å². The lowest BCUT2D eigenvalue weighted by Crippen LogP contribution is -2.25. The van der Waals surface area contributed by atoms with Crippen molar-refractivity contribution in [3.05, 3.63) is 29.6 Å². The SMILES string of the molecule is CC(O)c1ccc(OCC2CCCCO2)cc1F. The molecule has 0 bridgehead atoms. The Balaban J connectivity index is 1.91. The Bertz CT molecular complexity index is 387. The van der Waals surface area contributed by atoms with Gasteiger partial charge in [0, 0.05) is 18.2 Å². The quantitative estimate of drug-likeness (QED) is 0.898. The van der Waals surface area contributed by atoms with E-state index in [9.17, 15) is 9.50 Å². The first-order valence-corrected chi connectivity index (χ1v) is 6.38. The van der Waals surface area contributed by atoms with Gasteiger partial charge in [-0.3, -0.25) is 0 Å². The fourth-order valence-electron chi connectivity index (χ4n) is 2.06. The minimum Gasteiger partial charge on any atom is -0.491 e. The molecule has 2 rings (SSSR count). The highest BCUT2D eigenvalue weighted by atomic mass is 19.1. The van der Waals surface area contributed by atoms with Gasteiger partial charge in [0.15, 0.2) is 0 Å². The predicted molar refractivity (Wildman–Crippen MR) is 66.1 cm³/mol. The molecular formula is C14H19FO3. The topological polar surface area (TPSA) is 38.7 Å². The molecule has 0 saturated carbocycles. The van der Waals surface area contributed by atoms with Gasteiger partial charge in [0.2, 0.25) is 0 Å². The molecule has 1 N–H and O–H groups in total. The maximum Gasteiger partial charge on any atom is 0.132 e. The molecule has 1 aliphatic heterocycles. The van der Waals surface area contributed by atoms with E-state index in [1.165, 1.54) is 13.0 Å². The van der Waals surface area contributed by atoms with Crippen molar-refractivity contribution in [2.75, 3.05) is 13.2 Å². The molecule has 2 unspecified atom stereocenters. The van der Waals surface area contributed by atoms with Crippen molar-refractivity contribution < 1.29 is 19.0 Å². The average molecular weight is 254 g/mol. The van der Waals surface area contributed by atoms with E-state index in [2.05, 4.69) is 0 Å². The molecule has 1 aromatic rings. The third-order valence-electron chi connectivity index (χ3n) is 3.13. The minimum absolute atomic E-state index is 0.109. The van der Waals surface area contributed by atoms with Gasteiger partial charge < -0.3 is 14.6 Å². The molecule has 18 heavy (non-hydrogen) atoms. The van der Waals surface area contributed by atoms with Crippen LogP contribution in [0.5, 0.6) is 5.75 Å². The van der Waals surface area contributed by atoms with Crippen LogP contribution >= 0.6 is 0 Å². The smallest absolute Gasteiger partial charge is 0.132 e. The second-order valence-electron chi connectivity index (χ2n) is 4.66. The highest BCUT2D eigenvalue weighted by Crippen LogP contribution is 2.22. The van der Waals surface area contributed by atoms with E-state index in [1.54, 1.807) is 12.1 Å². The van der Waals surface area contributed by atoms with E-state index in [1.807, 2.05) is 0 Å². The monoisotopic (exact) mass is 254 g/mol. The van der Waals surface area contributed by atoms with Crippen LogP contribution in [0, 0.1) is 5.82 Å². The maximum atomic E-state index is 13.6. The van der Waals surface area contributed by atoms with Gasteiger partial charge in [-0.05, 0) is 38.3 Å². The van der Waals surface area contributed by atoms with Crippen LogP contribution in [0.15, 0.2) is 18.2 Å². The third-order valence-corrected chi connectivity index (χ3v) is 3.13. The van der Waals surface area contributed by atoms with E-state index < -0.39 is 11.9 Å². The fraction of sp³-hybridized carbons (Fsp3) is 0.571. The van der Waals surface area contributed by atoms with Gasteiger partial charge >= 0.3 is 0 Å². The first-order chi connectivity index (χ1) is 8.66. The molecule has 100 valence electrons. The van der Waals surface area contributed by atoms with Crippen LogP contribution in [-0.2, 0) is 4.74 Å². The van der Waals surface area contributed by atoms with Crippen molar-refractivity contribution in [1.82, 2.24) is 0 Å². The highest BCUT2D eigenvalue weighted by Gasteiger charge is 2.15. The summed E-state index contributed by atoms with van der Waals surface area (Å²) < 4.78 is 24.6. The normalized spacial score (nSPS) is 21.6. The molecule has 1 saturated heterocycles. The van der Waals surface area contributed by atoms with Gasteiger partial charge in [-0.15, -0.1) is 0 Å². The molecule has 0 aromatic heterocycles. The molecule has 4 heteroatoms. The van der Waals surface area contributed by atoms with E-state index in [0.29, 0.717) is 12.4 Å². The minimum atomic E-state index is -0.805. The average Bonchev–Trinajstić information content (AvgIpc) is 2.37. The van der Waals surface area contributed by atoms with Gasteiger partial charge in [-0.2, -0.15) is 0 Å². The summed E-state index contributed by atoms with van der Waals surface area (Å²) >= 11 is 0. The summed E-state index contributed by atoms with van der Waals surface area (Å²) in [6.07, 6.45) is 2.56. The first kappa shape index (κ1) is 13.3. The van der Waals surface area contributed by atoms with E-state index in [-0.39, 0.29) is 11.7 Å². The Labute approximate surface area is 107 Å². The van der Waals surface area contributed by atoms with Crippen molar-refractivity contribution in [3.63, 3.8) is 0 Å². The molecule has 0 radical (unpaired) electrons. The summed E-state index contributed by atoms with van der Waals surface area (Å²) in [4.78, 5) is 0. The van der Waals surface area contributed by atoms with Crippen LogP contribution in [0.3, 0.4) is 0 Å². The van der Waals surface area contributed by atoms with Gasteiger partial charge in [0.1, 0.15) is 18.2 Å². The zero-order valence-electron chi connectivity index (χ0n) is 10.6. The van der Waals surface area contributed by atoms with Gasteiger partial charge in [0.25, 0.3) is 0 Å². The Morgan fingerprint density at radius 3 is 2.94 bits per heavy atom. The zero-order valence-corrected chi connectivity index (χ0v) is 10.6. The molecule has 0 aliphatic carbocycles. The van der Waals surface area contributed by atoms with Crippen molar-refractivity contribution in [1.29, 1.82) is 0 Å². The standard InChI is InChI=1S/C14H19FO3/c1-10(16)13-6-5-11(8-14(13)15)18-9-12-4-2-3-7-17-12/h5-6,8,10,12,16H,2-4,7,9H2,1H3. The van der Waals surface area contributed by atoms with Gasteiger partial charge in [-0.25, -0.2) is 4.39 Å². The second-order valence-corrected chi connectivity index (χ2v) is 4.66. The molecule has 1 aromatic carbocycles. The maximum absolute atomic E-state index is 13.6. The van der Waals surface area contributed by atoms with Crippen LogP contribution in [0.25, 0.3) is 0 Å². The van der Waals surface area contributed by atoms with Crippen LogP contribution < -0.4 is 4.74 Å². The summed E-state index contributed by atoms with van der Waals surface area (Å²) in [5.74, 6) is 0.0399. The second kappa shape index (κ2) is 6.16. The number of aliphatic hydroxyl groups excluding tert-OH is 1. The van der Waals surface area contributed by atoms with E-state index in [4.69, 9.17) is 9.47 Å². The van der Waals surface area contributed by atoms with Crippen molar-refractivity contribution in [2.45, 2.75) is 38.4 Å². The highest BCUT2D eigenvalue weighted by molar-refractivity contribution is 5.30. The van der Waals surface area contributed by atoms with Gasteiger partial charge in [-0.1, -0.05) is 0 Å². The molecule has 0 spiro atoms. The molecule has 0 amide bonds. The Kier molecular flexibility index (Phi) is 4.55. The van der Waals surface area contributed by atoms with Crippen LogP contribution in [0.2, 0.25) is 0 Å². The fourth-order valence-corrected chi connectivity index (χ4v) is 2.06. The Hall–Kier alpha value is -1.13. The number of halogens is 1. The lowest BCUT2D eigenvalue weighted by atomic mass is 10.1. The largest absolute Gasteiger partial charge is 0.491 e.